The van der Waals surface area contributed by atoms with Crippen molar-refractivity contribution in [1.29, 1.82) is 0 Å². The lowest BCUT2D eigenvalue weighted by Crippen LogP contribution is -2.35. The summed E-state index contributed by atoms with van der Waals surface area (Å²) in [4.78, 5) is 27.3. The third kappa shape index (κ3) is 4.25. The lowest BCUT2D eigenvalue weighted by Gasteiger charge is -2.05. The van der Waals surface area contributed by atoms with Gasteiger partial charge in [0, 0.05) is 28.8 Å². The summed E-state index contributed by atoms with van der Waals surface area (Å²) < 4.78 is 0. The molecule has 106 valence electrons. The molecule has 2 rings (SSSR count). The van der Waals surface area contributed by atoms with E-state index in [-0.39, 0.29) is 24.3 Å². The number of hydrogen-bond acceptors (Lipinski definition) is 4. The predicted octanol–water partition coefficient (Wildman–Crippen LogP) is 1.81. The van der Waals surface area contributed by atoms with Crippen LogP contribution in [0.25, 0.3) is 10.4 Å². The largest absolute Gasteiger partial charge is 0.354 e. The first-order valence-corrected chi connectivity index (χ1v) is 7.18. The van der Waals surface area contributed by atoms with E-state index in [1.165, 1.54) is 11.3 Å². The number of carbonyl (C=O) groups excluding carboxylic acids is 2. The average Bonchev–Trinajstić information content (AvgIpc) is 3.19. The van der Waals surface area contributed by atoms with Crippen LogP contribution in [0.15, 0.2) is 17.2 Å². The molecule has 1 aliphatic carbocycles. The zero-order valence-corrected chi connectivity index (χ0v) is 11.7. The van der Waals surface area contributed by atoms with Crippen molar-refractivity contribution < 1.29 is 9.59 Å². The summed E-state index contributed by atoms with van der Waals surface area (Å²) in [6, 6.07) is 3.47. The van der Waals surface area contributed by atoms with Crippen molar-refractivity contribution in [1.82, 2.24) is 10.6 Å². The lowest BCUT2D eigenvalue weighted by atomic mass is 10.4. The van der Waals surface area contributed by atoms with Crippen LogP contribution >= 0.6 is 11.3 Å². The summed E-state index contributed by atoms with van der Waals surface area (Å²) in [5.74, 6) is 0.0844. The van der Waals surface area contributed by atoms with Gasteiger partial charge in [0.1, 0.15) is 0 Å². The SMILES string of the molecule is [N-]=[N+]=NCc1ccc(C(=O)NCCNC(=O)C2CC2)s1. The molecule has 1 aromatic heterocycles. The van der Waals surface area contributed by atoms with E-state index in [1.807, 2.05) is 0 Å². The van der Waals surface area contributed by atoms with Crippen molar-refractivity contribution in [2.75, 3.05) is 13.1 Å². The summed E-state index contributed by atoms with van der Waals surface area (Å²) in [5.41, 5.74) is 8.22. The standard InChI is InChI=1S/C12H15N5O2S/c13-17-16-7-9-3-4-10(20-9)12(19)15-6-5-14-11(18)8-1-2-8/h3-4,8H,1-2,5-7H2,(H,14,18)(H,15,19). The molecule has 0 aliphatic heterocycles. The predicted molar refractivity (Wildman–Crippen MR) is 75.2 cm³/mol. The van der Waals surface area contributed by atoms with Gasteiger partial charge in [0.15, 0.2) is 0 Å². The smallest absolute Gasteiger partial charge is 0.261 e. The second kappa shape index (κ2) is 6.93. The van der Waals surface area contributed by atoms with Crippen LogP contribution in [0.4, 0.5) is 0 Å². The Morgan fingerprint density at radius 1 is 1.35 bits per heavy atom. The Labute approximate surface area is 120 Å². The monoisotopic (exact) mass is 293 g/mol. The van der Waals surface area contributed by atoms with Crippen molar-refractivity contribution in [2.24, 2.45) is 11.0 Å². The number of thiophene rings is 1. The maximum Gasteiger partial charge on any atom is 0.261 e. The van der Waals surface area contributed by atoms with Crippen molar-refractivity contribution in [3.63, 3.8) is 0 Å². The first kappa shape index (κ1) is 14.4. The summed E-state index contributed by atoms with van der Waals surface area (Å²) in [5, 5.41) is 8.96. The van der Waals surface area contributed by atoms with E-state index in [9.17, 15) is 9.59 Å². The van der Waals surface area contributed by atoms with Crippen molar-refractivity contribution in [3.05, 3.63) is 32.3 Å². The first-order chi connectivity index (χ1) is 9.70. The van der Waals surface area contributed by atoms with Crippen molar-refractivity contribution >= 4 is 23.2 Å². The van der Waals surface area contributed by atoms with E-state index in [0.717, 1.165) is 17.7 Å². The van der Waals surface area contributed by atoms with E-state index in [0.29, 0.717) is 18.0 Å². The van der Waals surface area contributed by atoms with Gasteiger partial charge in [-0.05, 0) is 30.5 Å². The molecule has 0 aromatic carbocycles. The molecule has 1 aliphatic rings. The van der Waals surface area contributed by atoms with Crippen LogP contribution in [0.1, 0.15) is 27.4 Å². The summed E-state index contributed by atoms with van der Waals surface area (Å²) in [6.07, 6.45) is 1.95. The number of nitrogens with zero attached hydrogens (tertiary/aromatic N) is 3. The van der Waals surface area contributed by atoms with Gasteiger partial charge >= 0.3 is 0 Å². The Hall–Kier alpha value is -2.05. The molecule has 1 saturated carbocycles. The summed E-state index contributed by atoms with van der Waals surface area (Å²) >= 11 is 1.30. The minimum absolute atomic E-state index is 0.0759. The normalized spacial score (nSPS) is 13.4. The number of azide groups is 1. The minimum atomic E-state index is -0.178. The van der Waals surface area contributed by atoms with Crippen molar-refractivity contribution in [3.8, 4) is 0 Å². The zero-order valence-electron chi connectivity index (χ0n) is 10.8. The quantitative estimate of drug-likeness (QED) is 0.346. The third-order valence-corrected chi connectivity index (χ3v) is 3.90. The Morgan fingerprint density at radius 2 is 2.10 bits per heavy atom. The average molecular weight is 293 g/mol. The van der Waals surface area contributed by atoms with Crippen LogP contribution in [0.3, 0.4) is 0 Å². The molecule has 20 heavy (non-hydrogen) atoms. The van der Waals surface area contributed by atoms with Crippen LogP contribution in [0.5, 0.6) is 0 Å². The highest BCUT2D eigenvalue weighted by Gasteiger charge is 2.28. The van der Waals surface area contributed by atoms with Crippen LogP contribution in [0.2, 0.25) is 0 Å². The van der Waals surface area contributed by atoms with Crippen molar-refractivity contribution in [2.45, 2.75) is 19.4 Å². The van der Waals surface area contributed by atoms with E-state index < -0.39 is 0 Å². The lowest BCUT2D eigenvalue weighted by molar-refractivity contribution is -0.122. The molecular weight excluding hydrogens is 278 g/mol. The molecule has 8 heteroatoms. The van der Waals surface area contributed by atoms with Crippen LogP contribution < -0.4 is 10.6 Å². The van der Waals surface area contributed by atoms with Gasteiger partial charge < -0.3 is 10.6 Å². The second-order valence-corrected chi connectivity index (χ2v) is 5.64. The van der Waals surface area contributed by atoms with E-state index in [1.54, 1.807) is 12.1 Å². The number of hydrogen-bond donors (Lipinski definition) is 2. The number of carbonyl (C=O) groups is 2. The molecule has 0 saturated heterocycles. The Kier molecular flexibility index (Phi) is 4.97. The Morgan fingerprint density at radius 3 is 2.80 bits per heavy atom. The molecule has 1 aromatic rings. The minimum Gasteiger partial charge on any atom is -0.354 e. The van der Waals surface area contributed by atoms with Gasteiger partial charge in [0.25, 0.3) is 5.91 Å². The van der Waals surface area contributed by atoms with E-state index in [2.05, 4.69) is 20.7 Å². The van der Waals surface area contributed by atoms with Gasteiger partial charge in [0.05, 0.1) is 11.4 Å². The first-order valence-electron chi connectivity index (χ1n) is 6.36. The van der Waals surface area contributed by atoms with Gasteiger partial charge in [0.2, 0.25) is 5.91 Å². The fourth-order valence-electron chi connectivity index (χ4n) is 1.62. The highest BCUT2D eigenvalue weighted by molar-refractivity contribution is 7.14. The fourth-order valence-corrected chi connectivity index (χ4v) is 2.47. The van der Waals surface area contributed by atoms with Gasteiger partial charge in [-0.15, -0.1) is 11.3 Å². The molecule has 7 nitrogen and oxygen atoms in total. The molecule has 1 fully saturated rings. The number of nitrogens with one attached hydrogen (secondary N) is 2. The molecule has 0 unspecified atom stereocenters. The maximum atomic E-state index is 11.8. The highest BCUT2D eigenvalue weighted by atomic mass is 32.1. The number of amides is 2. The zero-order chi connectivity index (χ0) is 14.4. The summed E-state index contributed by atoms with van der Waals surface area (Å²) in [7, 11) is 0. The highest BCUT2D eigenvalue weighted by Crippen LogP contribution is 2.28. The molecule has 0 spiro atoms. The van der Waals surface area contributed by atoms with Crippen LogP contribution in [-0.4, -0.2) is 24.9 Å². The molecule has 1 heterocycles. The molecule has 0 radical (unpaired) electrons. The van der Waals surface area contributed by atoms with Gasteiger partial charge in [-0.25, -0.2) is 0 Å². The maximum absolute atomic E-state index is 11.8. The molecule has 2 N–H and O–H groups in total. The third-order valence-electron chi connectivity index (χ3n) is 2.83. The van der Waals surface area contributed by atoms with Crippen LogP contribution in [-0.2, 0) is 11.3 Å². The van der Waals surface area contributed by atoms with Gasteiger partial charge in [-0.1, -0.05) is 5.11 Å². The molecular formula is C12H15N5O2S. The number of rotatable bonds is 7. The molecule has 2 amide bonds. The second-order valence-electron chi connectivity index (χ2n) is 4.48. The van der Waals surface area contributed by atoms with E-state index in [4.69, 9.17) is 5.53 Å². The fraction of sp³-hybridized carbons (Fsp3) is 0.500. The van der Waals surface area contributed by atoms with Gasteiger partial charge in [-0.2, -0.15) is 0 Å². The topological polar surface area (TPSA) is 107 Å². The summed E-state index contributed by atoms with van der Waals surface area (Å²) in [6.45, 7) is 1.10. The Bertz CT molecular complexity index is 546. The van der Waals surface area contributed by atoms with Gasteiger partial charge in [-0.3, -0.25) is 9.59 Å². The molecule has 0 bridgehead atoms. The van der Waals surface area contributed by atoms with Crippen LogP contribution in [0, 0.1) is 5.92 Å². The molecule has 0 atom stereocenters. The van der Waals surface area contributed by atoms with E-state index >= 15 is 0 Å². The Balaban J connectivity index is 1.69.